The van der Waals surface area contributed by atoms with Gasteiger partial charge in [-0.3, -0.25) is 0 Å². The van der Waals surface area contributed by atoms with Crippen molar-refractivity contribution in [2.75, 3.05) is 13.7 Å². The molecule has 0 bridgehead atoms. The highest BCUT2D eigenvalue weighted by molar-refractivity contribution is 5.28. The molecule has 1 heterocycles. The SMILES string of the molecule is COc1cccc(CCCC2CO2)c1. The second-order valence-electron chi connectivity index (χ2n) is 3.70. The fourth-order valence-corrected chi connectivity index (χ4v) is 1.60. The predicted octanol–water partition coefficient (Wildman–Crippen LogP) is 2.42. The molecule has 1 saturated heterocycles. The van der Waals surface area contributed by atoms with Crippen LogP contribution in [0.15, 0.2) is 24.3 Å². The van der Waals surface area contributed by atoms with Crippen molar-refractivity contribution >= 4 is 0 Å². The summed E-state index contributed by atoms with van der Waals surface area (Å²) in [6, 6.07) is 8.28. The van der Waals surface area contributed by atoms with Crippen molar-refractivity contribution in [1.82, 2.24) is 0 Å². The van der Waals surface area contributed by atoms with E-state index < -0.39 is 0 Å². The van der Waals surface area contributed by atoms with Crippen LogP contribution in [0.1, 0.15) is 18.4 Å². The minimum absolute atomic E-state index is 0.556. The molecular weight excluding hydrogens is 176 g/mol. The Labute approximate surface area is 84.8 Å². The first-order chi connectivity index (χ1) is 6.88. The lowest BCUT2D eigenvalue weighted by molar-refractivity contribution is 0.391. The zero-order chi connectivity index (χ0) is 9.80. The molecule has 1 aliphatic rings. The Balaban J connectivity index is 1.81. The van der Waals surface area contributed by atoms with E-state index in [2.05, 4.69) is 12.1 Å². The number of epoxide rings is 1. The molecular formula is C12H16O2. The normalized spacial score (nSPS) is 19.4. The lowest BCUT2D eigenvalue weighted by atomic mass is 10.1. The summed E-state index contributed by atoms with van der Waals surface area (Å²) in [6.45, 7) is 0.970. The molecule has 0 aromatic heterocycles. The number of ether oxygens (including phenoxy) is 2. The average Bonchev–Trinajstić information content (AvgIpc) is 3.02. The zero-order valence-electron chi connectivity index (χ0n) is 8.53. The molecule has 0 radical (unpaired) electrons. The maximum Gasteiger partial charge on any atom is 0.119 e. The van der Waals surface area contributed by atoms with Gasteiger partial charge in [-0.25, -0.2) is 0 Å². The van der Waals surface area contributed by atoms with Crippen LogP contribution in [0.5, 0.6) is 5.75 Å². The van der Waals surface area contributed by atoms with E-state index in [1.165, 1.54) is 18.4 Å². The van der Waals surface area contributed by atoms with Crippen LogP contribution in [0.3, 0.4) is 0 Å². The molecule has 2 rings (SSSR count). The van der Waals surface area contributed by atoms with Crippen LogP contribution >= 0.6 is 0 Å². The minimum atomic E-state index is 0.556. The van der Waals surface area contributed by atoms with Crippen LogP contribution in [0.4, 0.5) is 0 Å². The molecule has 1 atom stereocenters. The van der Waals surface area contributed by atoms with Crippen molar-refractivity contribution in [2.24, 2.45) is 0 Å². The number of aryl methyl sites for hydroxylation is 1. The maximum absolute atomic E-state index is 5.17. The summed E-state index contributed by atoms with van der Waals surface area (Å²) < 4.78 is 10.3. The van der Waals surface area contributed by atoms with E-state index >= 15 is 0 Å². The second kappa shape index (κ2) is 4.47. The van der Waals surface area contributed by atoms with Gasteiger partial charge in [-0.15, -0.1) is 0 Å². The minimum Gasteiger partial charge on any atom is -0.497 e. The van der Waals surface area contributed by atoms with Crippen molar-refractivity contribution in [1.29, 1.82) is 0 Å². The van der Waals surface area contributed by atoms with Crippen LogP contribution in [-0.4, -0.2) is 19.8 Å². The Morgan fingerprint density at radius 3 is 3.07 bits per heavy atom. The van der Waals surface area contributed by atoms with Crippen LogP contribution < -0.4 is 4.74 Å². The van der Waals surface area contributed by atoms with Gasteiger partial charge in [0.2, 0.25) is 0 Å². The highest BCUT2D eigenvalue weighted by Gasteiger charge is 2.21. The summed E-state index contributed by atoms with van der Waals surface area (Å²) >= 11 is 0. The average molecular weight is 192 g/mol. The monoisotopic (exact) mass is 192 g/mol. The third-order valence-corrected chi connectivity index (χ3v) is 2.53. The van der Waals surface area contributed by atoms with Gasteiger partial charge in [0, 0.05) is 0 Å². The van der Waals surface area contributed by atoms with Crippen molar-refractivity contribution in [2.45, 2.75) is 25.4 Å². The van der Waals surface area contributed by atoms with Crippen molar-refractivity contribution in [3.8, 4) is 5.75 Å². The third kappa shape index (κ3) is 2.74. The second-order valence-corrected chi connectivity index (χ2v) is 3.70. The Morgan fingerprint density at radius 2 is 2.36 bits per heavy atom. The third-order valence-electron chi connectivity index (χ3n) is 2.53. The van der Waals surface area contributed by atoms with Crippen molar-refractivity contribution in [3.05, 3.63) is 29.8 Å². The summed E-state index contributed by atoms with van der Waals surface area (Å²) in [5.41, 5.74) is 1.35. The summed E-state index contributed by atoms with van der Waals surface area (Å²) in [5.74, 6) is 0.949. The first kappa shape index (κ1) is 9.53. The molecule has 1 unspecified atom stereocenters. The van der Waals surface area contributed by atoms with E-state index in [1.807, 2.05) is 12.1 Å². The van der Waals surface area contributed by atoms with E-state index in [9.17, 15) is 0 Å². The van der Waals surface area contributed by atoms with Gasteiger partial charge in [0.1, 0.15) is 5.75 Å². The molecule has 1 aromatic rings. The molecule has 0 saturated carbocycles. The van der Waals surface area contributed by atoms with E-state index in [0.717, 1.165) is 18.8 Å². The molecule has 14 heavy (non-hydrogen) atoms. The molecule has 0 spiro atoms. The summed E-state index contributed by atoms with van der Waals surface area (Å²) in [6.07, 6.45) is 4.08. The lowest BCUT2D eigenvalue weighted by Crippen LogP contribution is -1.91. The number of hydrogen-bond donors (Lipinski definition) is 0. The molecule has 0 amide bonds. The van der Waals surface area contributed by atoms with Gasteiger partial charge in [-0.1, -0.05) is 12.1 Å². The van der Waals surface area contributed by atoms with E-state index in [4.69, 9.17) is 9.47 Å². The Kier molecular flexibility index (Phi) is 3.04. The van der Waals surface area contributed by atoms with Gasteiger partial charge in [0.15, 0.2) is 0 Å². The van der Waals surface area contributed by atoms with Crippen molar-refractivity contribution in [3.63, 3.8) is 0 Å². The van der Waals surface area contributed by atoms with Crippen LogP contribution in [0.25, 0.3) is 0 Å². The van der Waals surface area contributed by atoms with Gasteiger partial charge >= 0.3 is 0 Å². The first-order valence-corrected chi connectivity index (χ1v) is 5.13. The van der Waals surface area contributed by atoms with Crippen LogP contribution in [0.2, 0.25) is 0 Å². The number of benzene rings is 1. The van der Waals surface area contributed by atoms with E-state index in [1.54, 1.807) is 7.11 Å². The molecule has 1 fully saturated rings. The topological polar surface area (TPSA) is 21.8 Å². The van der Waals surface area contributed by atoms with Gasteiger partial charge in [-0.05, 0) is 37.0 Å². The summed E-state index contributed by atoms with van der Waals surface area (Å²) in [5, 5.41) is 0. The molecule has 1 aliphatic heterocycles. The van der Waals surface area contributed by atoms with E-state index in [0.29, 0.717) is 6.10 Å². The number of rotatable bonds is 5. The van der Waals surface area contributed by atoms with Gasteiger partial charge < -0.3 is 9.47 Å². The Bertz CT molecular complexity index is 292. The van der Waals surface area contributed by atoms with Crippen molar-refractivity contribution < 1.29 is 9.47 Å². The highest BCUT2D eigenvalue weighted by Crippen LogP contribution is 2.19. The Morgan fingerprint density at radius 1 is 1.50 bits per heavy atom. The quantitative estimate of drug-likeness (QED) is 0.668. The fraction of sp³-hybridized carbons (Fsp3) is 0.500. The van der Waals surface area contributed by atoms with Crippen LogP contribution in [0, 0.1) is 0 Å². The van der Waals surface area contributed by atoms with Crippen LogP contribution in [-0.2, 0) is 11.2 Å². The number of hydrogen-bond acceptors (Lipinski definition) is 2. The first-order valence-electron chi connectivity index (χ1n) is 5.13. The highest BCUT2D eigenvalue weighted by atomic mass is 16.6. The van der Waals surface area contributed by atoms with Gasteiger partial charge in [0.25, 0.3) is 0 Å². The standard InChI is InChI=1S/C12H16O2/c1-13-11-6-2-4-10(8-11)5-3-7-12-9-14-12/h2,4,6,8,12H,3,5,7,9H2,1H3. The zero-order valence-corrected chi connectivity index (χ0v) is 8.53. The molecule has 0 N–H and O–H groups in total. The smallest absolute Gasteiger partial charge is 0.119 e. The predicted molar refractivity (Wildman–Crippen MR) is 55.7 cm³/mol. The van der Waals surface area contributed by atoms with Gasteiger partial charge in [-0.2, -0.15) is 0 Å². The Hall–Kier alpha value is -1.02. The molecule has 0 aliphatic carbocycles. The largest absolute Gasteiger partial charge is 0.497 e. The fourth-order valence-electron chi connectivity index (χ4n) is 1.60. The molecule has 2 heteroatoms. The van der Waals surface area contributed by atoms with Gasteiger partial charge in [0.05, 0.1) is 19.8 Å². The molecule has 76 valence electrons. The molecule has 2 nitrogen and oxygen atoms in total. The van der Waals surface area contributed by atoms with E-state index in [-0.39, 0.29) is 0 Å². The maximum atomic E-state index is 5.17. The number of methoxy groups -OCH3 is 1. The summed E-state index contributed by atoms with van der Waals surface area (Å²) in [7, 11) is 1.71. The molecule has 1 aromatic carbocycles. The summed E-state index contributed by atoms with van der Waals surface area (Å²) in [4.78, 5) is 0. The lowest BCUT2D eigenvalue weighted by Gasteiger charge is -2.03.